The van der Waals surface area contributed by atoms with Crippen LogP contribution in [-0.4, -0.2) is 11.4 Å². The maximum Gasteiger partial charge on any atom is 0.0779 e. The van der Waals surface area contributed by atoms with Gasteiger partial charge in [0.05, 0.1) is 24.5 Å². The van der Waals surface area contributed by atoms with Crippen LogP contribution >= 0.6 is 11.8 Å². The fourth-order valence-electron chi connectivity index (χ4n) is 3.21. The summed E-state index contributed by atoms with van der Waals surface area (Å²) in [4.78, 5) is 2.31. The molecule has 0 radical (unpaired) electrons. The Labute approximate surface area is 188 Å². The monoisotopic (exact) mass is 426 g/mol. The smallest absolute Gasteiger partial charge is 0.0779 e. The molecular weight excluding hydrogens is 400 g/mol. The number of rotatable bonds is 8. The Bertz CT molecular complexity index is 962. The topological polar surface area (TPSA) is 48.8 Å². The van der Waals surface area contributed by atoms with E-state index in [0.717, 1.165) is 34.1 Å². The first-order chi connectivity index (χ1) is 15.4. The molecule has 0 atom stereocenters. The largest absolute Gasteiger partial charge is 0.305 e. The quantitative estimate of drug-likeness (QED) is 0.533. The number of nitrogens with zero attached hydrogens (tertiary/aromatic N) is 2. The number of hydrazone groups is 2. The van der Waals surface area contributed by atoms with Gasteiger partial charge in [0.1, 0.15) is 0 Å². The fraction of sp³-hybridized carbons (Fsp3) is 0.154. The van der Waals surface area contributed by atoms with Crippen molar-refractivity contribution in [2.24, 2.45) is 10.2 Å². The maximum atomic E-state index is 4.68. The molecule has 2 aromatic rings. The molecule has 0 fully saturated rings. The van der Waals surface area contributed by atoms with Gasteiger partial charge in [-0.05, 0) is 23.3 Å². The molecule has 0 spiro atoms. The van der Waals surface area contributed by atoms with Crippen LogP contribution in [0.5, 0.6) is 0 Å². The third-order valence-corrected chi connectivity index (χ3v) is 6.04. The van der Waals surface area contributed by atoms with Crippen molar-refractivity contribution in [3.05, 3.63) is 118 Å². The average molecular weight is 427 g/mol. The van der Waals surface area contributed by atoms with Gasteiger partial charge in [-0.3, -0.25) is 0 Å². The molecule has 0 heterocycles. The molecule has 5 heteroatoms. The summed E-state index contributed by atoms with van der Waals surface area (Å²) in [5.74, 6) is 0. The van der Waals surface area contributed by atoms with Gasteiger partial charge in [0.15, 0.2) is 0 Å². The minimum absolute atomic E-state index is 0.716. The molecule has 2 aromatic carbocycles. The summed E-state index contributed by atoms with van der Waals surface area (Å²) >= 11 is 1.73. The standard InChI is InChI=1S/C26H26N4S/c1-3-11-21(12-4-1)19-27-29-23-15-7-9-17-25(23)31-26-18-10-8-16-24(26)30-28-20-22-13-5-2-6-14-22/h1-14,17-18,27-28H,15-16,19-20H2. The van der Waals surface area contributed by atoms with Crippen molar-refractivity contribution in [2.75, 3.05) is 0 Å². The normalized spacial score (nSPS) is 18.1. The van der Waals surface area contributed by atoms with Crippen LogP contribution in [0.1, 0.15) is 24.0 Å². The minimum atomic E-state index is 0.716. The van der Waals surface area contributed by atoms with E-state index in [1.54, 1.807) is 11.8 Å². The maximum absolute atomic E-state index is 4.68. The second-order valence-corrected chi connectivity index (χ2v) is 8.27. The SMILES string of the molecule is C1=CCC(=NNCc2ccccc2)C(SC2=CC=CCC2=NNCc2ccccc2)=C1. The van der Waals surface area contributed by atoms with E-state index in [4.69, 9.17) is 0 Å². The van der Waals surface area contributed by atoms with Gasteiger partial charge >= 0.3 is 0 Å². The van der Waals surface area contributed by atoms with Crippen LogP contribution in [0.15, 0.2) is 117 Å². The summed E-state index contributed by atoms with van der Waals surface area (Å²) in [7, 11) is 0. The van der Waals surface area contributed by atoms with Crippen LogP contribution in [0, 0.1) is 0 Å². The first-order valence-electron chi connectivity index (χ1n) is 10.5. The second kappa shape index (κ2) is 11.2. The summed E-state index contributed by atoms with van der Waals surface area (Å²) in [6.07, 6.45) is 14.4. The van der Waals surface area contributed by atoms with Crippen molar-refractivity contribution >= 4 is 23.2 Å². The van der Waals surface area contributed by atoms with Gasteiger partial charge in [0.25, 0.3) is 0 Å². The zero-order valence-corrected chi connectivity index (χ0v) is 18.2. The summed E-state index contributed by atoms with van der Waals surface area (Å²) < 4.78 is 0. The highest BCUT2D eigenvalue weighted by Gasteiger charge is 2.16. The Hall–Kier alpha value is -3.31. The van der Waals surface area contributed by atoms with E-state index < -0.39 is 0 Å². The molecule has 2 aliphatic carbocycles. The molecule has 4 rings (SSSR count). The Morgan fingerprint density at radius 1 is 0.645 bits per heavy atom. The van der Waals surface area contributed by atoms with Gasteiger partial charge in [-0.1, -0.05) is 96.7 Å². The summed E-state index contributed by atoms with van der Waals surface area (Å²) in [5, 5.41) is 9.36. The predicted molar refractivity (Wildman–Crippen MR) is 133 cm³/mol. The minimum Gasteiger partial charge on any atom is -0.305 e. The zero-order chi connectivity index (χ0) is 21.1. The third-order valence-electron chi connectivity index (χ3n) is 4.86. The molecule has 0 unspecified atom stereocenters. The van der Waals surface area contributed by atoms with E-state index in [9.17, 15) is 0 Å². The lowest BCUT2D eigenvalue weighted by molar-refractivity contribution is 0.742. The van der Waals surface area contributed by atoms with E-state index in [0.29, 0.717) is 13.1 Å². The molecule has 31 heavy (non-hydrogen) atoms. The molecule has 2 N–H and O–H groups in total. The number of thioether (sulfide) groups is 1. The van der Waals surface area contributed by atoms with Gasteiger partial charge in [0.2, 0.25) is 0 Å². The summed E-state index contributed by atoms with van der Waals surface area (Å²) in [6, 6.07) is 20.6. The number of benzene rings is 2. The van der Waals surface area contributed by atoms with Gasteiger partial charge in [0, 0.05) is 22.7 Å². The van der Waals surface area contributed by atoms with Gasteiger partial charge in [-0.2, -0.15) is 10.2 Å². The molecule has 0 saturated carbocycles. The zero-order valence-electron chi connectivity index (χ0n) is 17.4. The van der Waals surface area contributed by atoms with Crippen LogP contribution in [0.4, 0.5) is 0 Å². The lowest BCUT2D eigenvalue weighted by Crippen LogP contribution is -2.14. The van der Waals surface area contributed by atoms with Crippen molar-refractivity contribution < 1.29 is 0 Å². The molecule has 156 valence electrons. The van der Waals surface area contributed by atoms with Gasteiger partial charge < -0.3 is 10.9 Å². The van der Waals surface area contributed by atoms with Gasteiger partial charge in [-0.25, -0.2) is 0 Å². The van der Waals surface area contributed by atoms with Crippen molar-refractivity contribution in [1.82, 2.24) is 10.9 Å². The summed E-state index contributed by atoms with van der Waals surface area (Å²) in [6.45, 7) is 1.43. The van der Waals surface area contributed by atoms with E-state index in [-0.39, 0.29) is 0 Å². The Morgan fingerprint density at radius 2 is 1.10 bits per heavy atom. The van der Waals surface area contributed by atoms with Crippen molar-refractivity contribution in [1.29, 1.82) is 0 Å². The molecule has 0 bridgehead atoms. The molecule has 0 saturated heterocycles. The van der Waals surface area contributed by atoms with Gasteiger partial charge in [-0.15, -0.1) is 0 Å². The predicted octanol–water partition coefficient (Wildman–Crippen LogP) is 5.70. The molecule has 2 aliphatic rings. The van der Waals surface area contributed by atoms with Crippen molar-refractivity contribution in [3.63, 3.8) is 0 Å². The highest BCUT2D eigenvalue weighted by Crippen LogP contribution is 2.32. The first kappa shape index (κ1) is 20.9. The molecular formula is C26H26N4S. The highest BCUT2D eigenvalue weighted by molar-refractivity contribution is 8.08. The Balaban J connectivity index is 1.39. The molecule has 0 amide bonds. The van der Waals surface area contributed by atoms with Crippen molar-refractivity contribution in [3.8, 4) is 0 Å². The number of hydrogen-bond donors (Lipinski definition) is 2. The lowest BCUT2D eigenvalue weighted by atomic mass is 10.1. The lowest BCUT2D eigenvalue weighted by Gasteiger charge is -2.17. The van der Waals surface area contributed by atoms with Crippen LogP contribution < -0.4 is 10.9 Å². The number of hydrogen-bond acceptors (Lipinski definition) is 5. The van der Waals surface area contributed by atoms with Crippen molar-refractivity contribution in [2.45, 2.75) is 25.9 Å². The fourth-order valence-corrected chi connectivity index (χ4v) is 4.24. The first-order valence-corrected chi connectivity index (χ1v) is 11.3. The third kappa shape index (κ3) is 6.33. The molecule has 0 aliphatic heterocycles. The van der Waals surface area contributed by atoms with E-state index in [2.05, 4.69) is 81.8 Å². The number of allylic oxidation sites excluding steroid dienone is 8. The Kier molecular flexibility index (Phi) is 7.55. The highest BCUT2D eigenvalue weighted by atomic mass is 32.2. The van der Waals surface area contributed by atoms with Crippen LogP contribution in [0.2, 0.25) is 0 Å². The van der Waals surface area contributed by atoms with Crippen LogP contribution in [0.3, 0.4) is 0 Å². The van der Waals surface area contributed by atoms with Crippen LogP contribution in [0.25, 0.3) is 0 Å². The number of nitrogens with one attached hydrogen (secondary N) is 2. The molecule has 0 aromatic heterocycles. The van der Waals surface area contributed by atoms with E-state index >= 15 is 0 Å². The average Bonchev–Trinajstić information content (AvgIpc) is 2.83. The Morgan fingerprint density at radius 3 is 1.55 bits per heavy atom. The van der Waals surface area contributed by atoms with Crippen LogP contribution in [-0.2, 0) is 13.1 Å². The second-order valence-electron chi connectivity index (χ2n) is 7.19. The van der Waals surface area contributed by atoms with E-state index in [1.807, 2.05) is 36.4 Å². The molecule has 4 nitrogen and oxygen atoms in total. The summed E-state index contributed by atoms with van der Waals surface area (Å²) in [5.41, 5.74) is 11.0. The van der Waals surface area contributed by atoms with E-state index in [1.165, 1.54) is 11.1 Å².